The molecule has 0 aromatic heterocycles. The molecule has 0 aliphatic rings. The number of rotatable bonds is 3. The van der Waals surface area contributed by atoms with Gasteiger partial charge in [0.25, 0.3) is 0 Å². The molecule has 0 saturated carbocycles. The van der Waals surface area contributed by atoms with E-state index in [1.54, 1.807) is 12.1 Å². The van der Waals surface area contributed by atoms with Crippen LogP contribution in [0.15, 0.2) is 72.8 Å². The molecule has 0 atom stereocenters. The molecule has 0 aliphatic carbocycles. The molecule has 2 heteroatoms. The summed E-state index contributed by atoms with van der Waals surface area (Å²) in [5.74, 6) is 0. The first-order valence-electron chi connectivity index (χ1n) is 6.81. The Hall–Kier alpha value is -1.89. The van der Waals surface area contributed by atoms with Crippen molar-refractivity contribution in [2.75, 3.05) is 0 Å². The van der Waals surface area contributed by atoms with E-state index >= 15 is 0 Å². The van der Waals surface area contributed by atoms with Crippen LogP contribution >= 0.6 is 0 Å². The number of aryl methyl sites for hydroxylation is 1. The second kappa shape index (κ2) is 9.12. The largest absolute Gasteiger partial charge is 0.721 e. The third-order valence-electron chi connectivity index (χ3n) is 3.18. The molecule has 0 heterocycles. The van der Waals surface area contributed by atoms with Crippen LogP contribution in [0.25, 0.3) is 11.1 Å². The van der Waals surface area contributed by atoms with Crippen molar-refractivity contribution in [2.45, 2.75) is 13.3 Å². The maximum Gasteiger partial charge on any atom is 0 e. The number of carbonyl (C=O) groups excluding carboxylic acids is 1. The summed E-state index contributed by atoms with van der Waals surface area (Å²) >= 11 is 0. The van der Waals surface area contributed by atoms with Gasteiger partial charge >= 0.3 is 0 Å². The molecule has 0 unspecified atom stereocenters. The van der Waals surface area contributed by atoms with Crippen LogP contribution in [0, 0.1) is 0 Å². The van der Waals surface area contributed by atoms with Gasteiger partial charge in [0, 0.05) is 17.1 Å². The summed E-state index contributed by atoms with van der Waals surface area (Å²) in [6.07, 6.45) is 1.95. The van der Waals surface area contributed by atoms with Gasteiger partial charge in [0.2, 0.25) is 0 Å². The van der Waals surface area contributed by atoms with Gasteiger partial charge in [-0.1, -0.05) is 30.2 Å². The third kappa shape index (κ3) is 5.18. The van der Waals surface area contributed by atoms with Gasteiger partial charge in [-0.25, -0.2) is 0 Å². The van der Waals surface area contributed by atoms with Crippen molar-refractivity contribution in [3.8, 4) is 11.1 Å². The maximum atomic E-state index is 9.87. The van der Waals surface area contributed by atoms with Crippen molar-refractivity contribution in [2.24, 2.45) is 0 Å². The number of carbonyl (C=O) groups is 1. The summed E-state index contributed by atoms with van der Waals surface area (Å²) in [6, 6.07) is 24.4. The Balaban J connectivity index is 0.000000236. The molecule has 0 N–H and O–H groups in total. The van der Waals surface area contributed by atoms with Crippen molar-refractivity contribution < 1.29 is 21.9 Å². The predicted octanol–water partition coefficient (Wildman–Crippen LogP) is 4.85. The average molecular weight is 318 g/mol. The molecular formula is C19H18FeO-6. The normalized spacial score (nSPS) is 9.19. The summed E-state index contributed by atoms with van der Waals surface area (Å²) < 4.78 is 0. The van der Waals surface area contributed by atoms with Crippen LogP contribution in [-0.4, -0.2) is 6.29 Å². The van der Waals surface area contributed by atoms with E-state index in [-0.39, 0.29) is 17.1 Å². The summed E-state index contributed by atoms with van der Waals surface area (Å²) in [4.78, 5) is 9.87. The van der Waals surface area contributed by atoms with E-state index in [0.717, 1.165) is 18.3 Å². The monoisotopic (exact) mass is 318 g/mol. The summed E-state index contributed by atoms with van der Waals surface area (Å²) in [5.41, 5.74) is 4.76. The van der Waals surface area contributed by atoms with Crippen molar-refractivity contribution in [3.05, 3.63) is 83.9 Å². The minimum atomic E-state index is 0. The van der Waals surface area contributed by atoms with E-state index in [1.165, 1.54) is 16.7 Å². The van der Waals surface area contributed by atoms with Gasteiger partial charge in [0.1, 0.15) is 0 Å². The second-order valence-corrected chi connectivity index (χ2v) is 4.56. The van der Waals surface area contributed by atoms with Crippen LogP contribution in [-0.2, 0) is 23.5 Å². The molecule has 0 aliphatic heterocycles. The molecule has 0 spiro atoms. The fourth-order valence-electron chi connectivity index (χ4n) is 1.97. The van der Waals surface area contributed by atoms with E-state index in [4.69, 9.17) is 0 Å². The quantitative estimate of drug-likeness (QED) is 0.383. The fraction of sp³-hybridized carbons (Fsp3) is 0.105. The molecule has 21 heavy (non-hydrogen) atoms. The zero-order valence-electron chi connectivity index (χ0n) is 12.0. The standard InChI is InChI=1S/C13H13.C6H5O.Fe/c1-2-11-7-9-13(10-8-11)12-5-3-4-6-12;7-5-6-3-1-2-4-6;/h3-10H,2H2,1H3;1-5H;/q-1;-5;. The zero-order chi connectivity index (χ0) is 14.2. The second-order valence-electron chi connectivity index (χ2n) is 4.56. The SMILES string of the molecule is CCc1ccc(-[c-]2cccc2)cc1.O=C[c-]1[cH-][cH-][cH-][cH-]1.[Fe]. The smallest absolute Gasteiger partial charge is 0 e. The van der Waals surface area contributed by atoms with Crippen LogP contribution in [0.3, 0.4) is 0 Å². The average Bonchev–Trinajstić information content (AvgIpc) is 3.21. The zero-order valence-corrected chi connectivity index (χ0v) is 13.1. The third-order valence-corrected chi connectivity index (χ3v) is 3.18. The van der Waals surface area contributed by atoms with E-state index in [9.17, 15) is 4.79 Å². The Labute approximate surface area is 136 Å². The van der Waals surface area contributed by atoms with E-state index < -0.39 is 0 Å². The molecule has 3 aromatic carbocycles. The Morgan fingerprint density at radius 2 is 1.62 bits per heavy atom. The Bertz CT molecular complexity index is 604. The summed E-state index contributed by atoms with van der Waals surface area (Å²) in [5, 5.41) is 0. The first-order chi connectivity index (χ1) is 9.83. The Kier molecular flexibility index (Phi) is 7.45. The van der Waals surface area contributed by atoms with E-state index in [2.05, 4.69) is 55.5 Å². The molecule has 0 saturated heterocycles. The minimum absolute atomic E-state index is 0. The van der Waals surface area contributed by atoms with Gasteiger partial charge in [-0.15, -0.1) is 29.8 Å². The summed E-state index contributed by atoms with van der Waals surface area (Å²) in [6.45, 7) is 2.18. The minimum Gasteiger partial charge on any atom is -0.721 e. The molecule has 0 amide bonds. The van der Waals surface area contributed by atoms with Gasteiger partial charge in [0.15, 0.2) is 0 Å². The molecule has 1 nitrogen and oxygen atoms in total. The predicted molar refractivity (Wildman–Crippen MR) is 84.3 cm³/mol. The summed E-state index contributed by atoms with van der Waals surface area (Å²) in [7, 11) is 0. The first kappa shape index (κ1) is 17.2. The Morgan fingerprint density at radius 1 is 1.05 bits per heavy atom. The molecule has 0 bridgehead atoms. The first-order valence-corrected chi connectivity index (χ1v) is 6.81. The van der Waals surface area contributed by atoms with Crippen molar-refractivity contribution in [3.63, 3.8) is 0 Å². The van der Waals surface area contributed by atoms with Gasteiger partial charge in [0.05, 0.1) is 0 Å². The van der Waals surface area contributed by atoms with Gasteiger partial charge in [-0.2, -0.15) is 12.1 Å². The maximum absolute atomic E-state index is 9.87. The molecule has 3 rings (SSSR count). The molecular weight excluding hydrogens is 300 g/mol. The van der Waals surface area contributed by atoms with Crippen molar-refractivity contribution in [1.82, 2.24) is 0 Å². The van der Waals surface area contributed by atoms with Crippen LogP contribution in [0.4, 0.5) is 0 Å². The topological polar surface area (TPSA) is 17.1 Å². The Morgan fingerprint density at radius 3 is 2.05 bits per heavy atom. The molecule has 114 valence electrons. The van der Waals surface area contributed by atoms with Crippen molar-refractivity contribution in [1.29, 1.82) is 0 Å². The van der Waals surface area contributed by atoms with E-state index in [0.29, 0.717) is 0 Å². The van der Waals surface area contributed by atoms with Crippen molar-refractivity contribution >= 4 is 6.29 Å². The number of benzene rings is 1. The molecule has 3 aromatic rings. The van der Waals surface area contributed by atoms with E-state index in [1.807, 2.05) is 12.1 Å². The number of aldehydes is 1. The molecule has 0 fully saturated rings. The van der Waals surface area contributed by atoms with Crippen LogP contribution in [0.1, 0.15) is 22.8 Å². The van der Waals surface area contributed by atoms with Crippen LogP contribution in [0.2, 0.25) is 0 Å². The van der Waals surface area contributed by atoms with Gasteiger partial charge < -0.3 is 34.6 Å². The number of hydrogen-bond donors (Lipinski definition) is 0. The van der Waals surface area contributed by atoms with Crippen LogP contribution in [0.5, 0.6) is 0 Å². The number of hydrogen-bond acceptors (Lipinski definition) is 1. The molecule has 0 radical (unpaired) electrons. The fourth-order valence-corrected chi connectivity index (χ4v) is 1.97. The van der Waals surface area contributed by atoms with Gasteiger partial charge in [-0.3, -0.25) is 6.29 Å². The van der Waals surface area contributed by atoms with Crippen LogP contribution < -0.4 is 0 Å². The van der Waals surface area contributed by atoms with Gasteiger partial charge in [-0.05, 0) is 6.42 Å².